The Morgan fingerprint density at radius 3 is 2.56 bits per heavy atom. The van der Waals surface area contributed by atoms with Crippen LogP contribution in [0.25, 0.3) is 0 Å². The highest BCUT2D eigenvalue weighted by Crippen LogP contribution is 1.99. The molecular weight excluding hydrogens is 216 g/mol. The van der Waals surface area contributed by atoms with E-state index < -0.39 is 9.28 Å². The lowest BCUT2D eigenvalue weighted by Gasteiger charge is -2.13. The first-order valence-electron chi connectivity index (χ1n) is 5.38. The highest BCUT2D eigenvalue weighted by Gasteiger charge is 2.18. The van der Waals surface area contributed by atoms with Gasteiger partial charge in [-0.05, 0) is 31.5 Å². The fourth-order valence-corrected chi connectivity index (χ4v) is 2.70. The van der Waals surface area contributed by atoms with Crippen molar-refractivity contribution in [3.05, 3.63) is 41.5 Å². The maximum absolute atomic E-state index is 5.77. The summed E-state index contributed by atoms with van der Waals surface area (Å²) >= 11 is 0. The van der Waals surface area contributed by atoms with Crippen LogP contribution in [0, 0.1) is 6.92 Å². The molecule has 1 radical (unpaired) electrons. The number of allylic oxidation sites excluding steroid dienone is 1. The van der Waals surface area contributed by atoms with E-state index in [2.05, 4.69) is 39.0 Å². The molecule has 1 aromatic rings. The first kappa shape index (κ1) is 13.2. The Bertz CT molecular complexity index is 357. The van der Waals surface area contributed by atoms with Gasteiger partial charge in [0.1, 0.15) is 0 Å². The largest absolute Gasteiger partial charge is 0.423 e. The molecule has 1 aromatic carbocycles. The summed E-state index contributed by atoms with van der Waals surface area (Å²) in [6.45, 7) is 6.84. The van der Waals surface area contributed by atoms with Crippen LogP contribution in [0.2, 0.25) is 0 Å². The maximum atomic E-state index is 5.77. The summed E-state index contributed by atoms with van der Waals surface area (Å²) in [5.41, 5.74) is 2.50. The van der Waals surface area contributed by atoms with Crippen molar-refractivity contribution in [1.29, 1.82) is 0 Å². The van der Waals surface area contributed by atoms with Gasteiger partial charge >= 0.3 is 9.28 Å². The van der Waals surface area contributed by atoms with E-state index in [0.29, 0.717) is 6.61 Å². The summed E-state index contributed by atoms with van der Waals surface area (Å²) in [5, 5.41) is 1.19. The predicted molar refractivity (Wildman–Crippen MR) is 69.0 cm³/mol. The van der Waals surface area contributed by atoms with Crippen molar-refractivity contribution in [2.45, 2.75) is 20.8 Å². The minimum Gasteiger partial charge on any atom is -0.393 e. The van der Waals surface area contributed by atoms with Gasteiger partial charge in [0, 0.05) is 7.11 Å². The highest BCUT2D eigenvalue weighted by molar-refractivity contribution is 6.61. The van der Waals surface area contributed by atoms with Crippen LogP contribution in [0.1, 0.15) is 19.4 Å². The Morgan fingerprint density at radius 1 is 1.31 bits per heavy atom. The number of hydrogen-bond acceptors (Lipinski definition) is 2. The van der Waals surface area contributed by atoms with Crippen molar-refractivity contribution in [2.24, 2.45) is 0 Å². The molecule has 0 atom stereocenters. The van der Waals surface area contributed by atoms with Gasteiger partial charge < -0.3 is 8.85 Å². The molecule has 0 saturated heterocycles. The van der Waals surface area contributed by atoms with E-state index in [0.717, 1.165) is 0 Å². The van der Waals surface area contributed by atoms with E-state index in [1.807, 2.05) is 12.1 Å². The third-order valence-electron chi connectivity index (χ3n) is 2.26. The molecule has 0 bridgehead atoms. The van der Waals surface area contributed by atoms with Gasteiger partial charge in [-0.1, -0.05) is 35.9 Å². The minimum atomic E-state index is -1.33. The van der Waals surface area contributed by atoms with E-state index in [1.54, 1.807) is 7.11 Å². The van der Waals surface area contributed by atoms with Gasteiger partial charge in [0.25, 0.3) is 0 Å². The molecule has 0 spiro atoms. The Labute approximate surface area is 99.7 Å². The Morgan fingerprint density at radius 2 is 2.00 bits per heavy atom. The molecule has 87 valence electrons. The Balaban J connectivity index is 2.68. The summed E-state index contributed by atoms with van der Waals surface area (Å²) in [5.74, 6) is 0. The van der Waals surface area contributed by atoms with E-state index >= 15 is 0 Å². The minimum absolute atomic E-state index is 0.624. The molecule has 0 aromatic heterocycles. The van der Waals surface area contributed by atoms with E-state index in [1.165, 1.54) is 16.3 Å². The molecule has 0 aliphatic rings. The van der Waals surface area contributed by atoms with Gasteiger partial charge in [0.15, 0.2) is 0 Å². The molecule has 0 saturated carbocycles. The molecule has 0 aliphatic carbocycles. The van der Waals surface area contributed by atoms with Crippen molar-refractivity contribution in [2.75, 3.05) is 13.7 Å². The van der Waals surface area contributed by atoms with Gasteiger partial charge in [-0.2, -0.15) is 0 Å². The molecular formula is C13H19O2Si. The Hall–Kier alpha value is -0.903. The van der Waals surface area contributed by atoms with Crippen molar-refractivity contribution in [1.82, 2.24) is 0 Å². The zero-order valence-corrected chi connectivity index (χ0v) is 11.4. The normalized spacial score (nSPS) is 10.6. The summed E-state index contributed by atoms with van der Waals surface area (Å²) in [4.78, 5) is 0. The number of rotatable bonds is 5. The van der Waals surface area contributed by atoms with Crippen molar-refractivity contribution < 1.29 is 8.85 Å². The maximum Gasteiger partial charge on any atom is 0.423 e. The lowest BCUT2D eigenvalue weighted by molar-refractivity contribution is 0.265. The zero-order chi connectivity index (χ0) is 12.0. The fraction of sp³-hybridized carbons (Fsp3) is 0.385. The first-order valence-corrected chi connectivity index (χ1v) is 6.70. The molecule has 0 heterocycles. The summed E-state index contributed by atoms with van der Waals surface area (Å²) in [7, 11) is 0.380. The van der Waals surface area contributed by atoms with E-state index in [4.69, 9.17) is 8.85 Å². The van der Waals surface area contributed by atoms with Crippen LogP contribution in [0.5, 0.6) is 0 Å². The lowest BCUT2D eigenvalue weighted by atomic mass is 10.2. The van der Waals surface area contributed by atoms with Gasteiger partial charge in [-0.3, -0.25) is 0 Å². The van der Waals surface area contributed by atoms with Gasteiger partial charge in [0.05, 0.1) is 6.61 Å². The molecule has 0 unspecified atom stereocenters. The molecule has 2 nitrogen and oxygen atoms in total. The van der Waals surface area contributed by atoms with Crippen LogP contribution >= 0.6 is 0 Å². The number of aryl methyl sites for hydroxylation is 1. The SMILES string of the molecule is CO[Si](OCC=C(C)C)c1ccccc1C. The second-order valence-electron chi connectivity index (χ2n) is 3.90. The van der Waals surface area contributed by atoms with Crippen LogP contribution in [0.3, 0.4) is 0 Å². The standard InChI is InChI=1S/C13H19O2Si/c1-11(2)9-10-15-16(14-4)13-8-6-5-7-12(13)3/h5-9H,10H2,1-4H3. The lowest BCUT2D eigenvalue weighted by Crippen LogP contribution is -2.37. The Kier molecular flexibility index (Phi) is 5.45. The molecule has 0 amide bonds. The smallest absolute Gasteiger partial charge is 0.393 e. The third kappa shape index (κ3) is 3.93. The molecule has 16 heavy (non-hydrogen) atoms. The molecule has 3 heteroatoms. The average Bonchev–Trinajstić information content (AvgIpc) is 2.25. The molecule has 0 aliphatic heterocycles. The van der Waals surface area contributed by atoms with Crippen LogP contribution < -0.4 is 5.19 Å². The zero-order valence-electron chi connectivity index (χ0n) is 10.4. The predicted octanol–water partition coefficient (Wildman–Crippen LogP) is 2.32. The van der Waals surface area contributed by atoms with Crippen LogP contribution in [0.15, 0.2) is 35.9 Å². The van der Waals surface area contributed by atoms with Gasteiger partial charge in [-0.15, -0.1) is 0 Å². The average molecular weight is 235 g/mol. The fourth-order valence-electron chi connectivity index (χ4n) is 1.33. The van der Waals surface area contributed by atoms with E-state index in [-0.39, 0.29) is 0 Å². The second kappa shape index (κ2) is 6.63. The monoisotopic (exact) mass is 235 g/mol. The topological polar surface area (TPSA) is 18.5 Å². The van der Waals surface area contributed by atoms with E-state index in [9.17, 15) is 0 Å². The van der Waals surface area contributed by atoms with Gasteiger partial charge in [0.2, 0.25) is 0 Å². The molecule has 0 fully saturated rings. The third-order valence-corrected chi connectivity index (χ3v) is 4.06. The first-order chi connectivity index (χ1) is 7.65. The summed E-state index contributed by atoms with van der Waals surface area (Å²) < 4.78 is 11.2. The number of hydrogen-bond donors (Lipinski definition) is 0. The quantitative estimate of drug-likeness (QED) is 0.576. The van der Waals surface area contributed by atoms with Crippen LogP contribution in [0.4, 0.5) is 0 Å². The number of benzene rings is 1. The highest BCUT2D eigenvalue weighted by atomic mass is 28.3. The second-order valence-corrected chi connectivity index (χ2v) is 5.71. The van der Waals surface area contributed by atoms with Crippen molar-refractivity contribution in [3.8, 4) is 0 Å². The summed E-state index contributed by atoms with van der Waals surface area (Å²) in [6.07, 6.45) is 2.07. The van der Waals surface area contributed by atoms with Crippen molar-refractivity contribution >= 4 is 14.5 Å². The summed E-state index contributed by atoms with van der Waals surface area (Å²) in [6, 6.07) is 8.22. The van der Waals surface area contributed by atoms with Gasteiger partial charge in [-0.25, -0.2) is 0 Å². The van der Waals surface area contributed by atoms with Crippen LogP contribution in [-0.4, -0.2) is 23.0 Å². The van der Waals surface area contributed by atoms with Crippen LogP contribution in [-0.2, 0) is 8.85 Å². The molecule has 0 N–H and O–H groups in total. The molecule has 1 rings (SSSR count). The van der Waals surface area contributed by atoms with Crippen molar-refractivity contribution in [3.63, 3.8) is 0 Å².